The predicted molar refractivity (Wildman–Crippen MR) is 330 cm³/mol. The highest BCUT2D eigenvalue weighted by Crippen LogP contribution is 2.18. The van der Waals surface area contributed by atoms with E-state index in [2.05, 4.69) is 69.4 Å². The van der Waals surface area contributed by atoms with Crippen molar-refractivity contribution in [2.75, 3.05) is 13.2 Å². The van der Waals surface area contributed by atoms with E-state index in [0.29, 0.717) is 19.3 Å². The number of hydrogen-bond acceptors (Lipinski definition) is 6. The average molecular weight is 1070 g/mol. The van der Waals surface area contributed by atoms with Crippen molar-refractivity contribution in [1.82, 2.24) is 0 Å². The topological polar surface area (TPSA) is 78.9 Å². The zero-order valence-corrected chi connectivity index (χ0v) is 51.0. The molecule has 0 saturated carbocycles. The fraction of sp³-hybridized carbons (Fsp3) is 0.843. The molecule has 0 aromatic rings. The number of rotatable bonds is 62. The highest BCUT2D eigenvalue weighted by atomic mass is 16.6. The lowest BCUT2D eigenvalue weighted by Crippen LogP contribution is -2.30. The normalized spacial score (nSPS) is 12.3. The van der Waals surface area contributed by atoms with E-state index in [1.807, 2.05) is 0 Å². The first-order chi connectivity index (χ1) is 37.5. The molecule has 0 spiro atoms. The molecule has 0 aromatic heterocycles. The summed E-state index contributed by atoms with van der Waals surface area (Å²) in [4.78, 5) is 38.2. The lowest BCUT2D eigenvalue weighted by molar-refractivity contribution is -0.167. The van der Waals surface area contributed by atoms with Crippen molar-refractivity contribution in [2.24, 2.45) is 0 Å². The highest BCUT2D eigenvalue weighted by Gasteiger charge is 2.19. The molecule has 6 nitrogen and oxygen atoms in total. The largest absolute Gasteiger partial charge is 0.462 e. The van der Waals surface area contributed by atoms with Crippen LogP contribution in [-0.4, -0.2) is 37.2 Å². The number of ether oxygens (including phenoxy) is 3. The highest BCUT2D eigenvalue weighted by molar-refractivity contribution is 5.71. The van der Waals surface area contributed by atoms with E-state index in [1.165, 1.54) is 225 Å². The van der Waals surface area contributed by atoms with Gasteiger partial charge in [-0.1, -0.05) is 313 Å². The minimum Gasteiger partial charge on any atom is -0.462 e. The summed E-state index contributed by atoms with van der Waals surface area (Å²) in [6.07, 6.45) is 81.6. The van der Waals surface area contributed by atoms with Gasteiger partial charge in [-0.2, -0.15) is 0 Å². The standard InChI is InChI=1S/C70H128O6/c1-4-7-10-13-16-19-22-24-26-27-28-29-30-31-32-33-34-35-36-37-38-39-40-41-42-43-45-46-48-51-54-57-60-63-69(72)75-66-67(65-74-68(71)62-59-56-53-50-21-18-15-12-9-6-3)76-70(73)64-61-58-55-52-49-47-44-25-23-20-17-14-11-8-5-2/h8,11,17,20,25,27-28,44,67H,4-7,9-10,12-16,18-19,21-24,26,29-43,45-66H2,1-3H3/b11-8-,20-17-,28-27-,44-25-. The van der Waals surface area contributed by atoms with Gasteiger partial charge in [0.05, 0.1) is 0 Å². The van der Waals surface area contributed by atoms with Crippen molar-refractivity contribution in [2.45, 2.75) is 367 Å². The molecule has 1 unspecified atom stereocenters. The van der Waals surface area contributed by atoms with Gasteiger partial charge in [0.25, 0.3) is 0 Å². The third-order valence-electron chi connectivity index (χ3n) is 15.1. The summed E-state index contributed by atoms with van der Waals surface area (Å²) in [7, 11) is 0. The maximum atomic E-state index is 12.8. The first-order valence-electron chi connectivity index (χ1n) is 33.6. The molecule has 0 saturated heterocycles. The Morgan fingerprint density at radius 3 is 0.816 bits per heavy atom. The minimum atomic E-state index is -0.778. The van der Waals surface area contributed by atoms with Crippen LogP contribution < -0.4 is 0 Å². The Labute approximate surface area is 473 Å². The third-order valence-corrected chi connectivity index (χ3v) is 15.1. The smallest absolute Gasteiger partial charge is 0.306 e. The third kappa shape index (κ3) is 62.2. The average Bonchev–Trinajstić information content (AvgIpc) is 3.42. The van der Waals surface area contributed by atoms with Crippen LogP contribution in [0.25, 0.3) is 0 Å². The van der Waals surface area contributed by atoms with Crippen molar-refractivity contribution in [3.63, 3.8) is 0 Å². The molecule has 1 atom stereocenters. The van der Waals surface area contributed by atoms with E-state index in [1.54, 1.807) is 0 Å². The van der Waals surface area contributed by atoms with Gasteiger partial charge in [0.15, 0.2) is 6.10 Å². The minimum absolute atomic E-state index is 0.0758. The predicted octanol–water partition coefficient (Wildman–Crippen LogP) is 22.9. The van der Waals surface area contributed by atoms with Gasteiger partial charge in [0.1, 0.15) is 13.2 Å². The van der Waals surface area contributed by atoms with Gasteiger partial charge in [-0.05, 0) is 77.0 Å². The zero-order valence-electron chi connectivity index (χ0n) is 51.0. The van der Waals surface area contributed by atoms with Crippen LogP contribution in [0.15, 0.2) is 48.6 Å². The maximum absolute atomic E-state index is 12.8. The first kappa shape index (κ1) is 73.4. The molecule has 444 valence electrons. The fourth-order valence-electron chi connectivity index (χ4n) is 10.0. The van der Waals surface area contributed by atoms with Crippen LogP contribution in [0.3, 0.4) is 0 Å². The number of carbonyl (C=O) groups excluding carboxylic acids is 3. The number of allylic oxidation sites excluding steroid dienone is 8. The van der Waals surface area contributed by atoms with Crippen LogP contribution in [0.2, 0.25) is 0 Å². The van der Waals surface area contributed by atoms with Gasteiger partial charge < -0.3 is 14.2 Å². The summed E-state index contributed by atoms with van der Waals surface area (Å²) in [6, 6.07) is 0. The fourth-order valence-corrected chi connectivity index (χ4v) is 10.0. The summed E-state index contributed by atoms with van der Waals surface area (Å²) in [6.45, 7) is 6.55. The lowest BCUT2D eigenvalue weighted by atomic mass is 10.0. The van der Waals surface area contributed by atoms with Gasteiger partial charge in [-0.25, -0.2) is 0 Å². The Morgan fingerprint density at radius 2 is 0.513 bits per heavy atom. The molecule has 0 aliphatic carbocycles. The molecular weight excluding hydrogens is 937 g/mol. The first-order valence-corrected chi connectivity index (χ1v) is 33.6. The number of unbranched alkanes of at least 4 members (excludes halogenated alkanes) is 43. The van der Waals surface area contributed by atoms with Crippen LogP contribution in [-0.2, 0) is 28.6 Å². The molecule has 0 aromatic carbocycles. The van der Waals surface area contributed by atoms with Crippen LogP contribution in [0, 0.1) is 0 Å². The summed E-state index contributed by atoms with van der Waals surface area (Å²) >= 11 is 0. The van der Waals surface area contributed by atoms with Gasteiger partial charge >= 0.3 is 17.9 Å². The Morgan fingerprint density at radius 1 is 0.276 bits per heavy atom. The summed E-state index contributed by atoms with van der Waals surface area (Å²) in [5, 5.41) is 0. The number of esters is 3. The van der Waals surface area contributed by atoms with Gasteiger partial charge in [-0.15, -0.1) is 0 Å². The van der Waals surface area contributed by atoms with Crippen molar-refractivity contribution in [1.29, 1.82) is 0 Å². The van der Waals surface area contributed by atoms with Crippen molar-refractivity contribution in [3.8, 4) is 0 Å². The van der Waals surface area contributed by atoms with E-state index in [0.717, 1.165) is 96.3 Å². The summed E-state index contributed by atoms with van der Waals surface area (Å²) < 4.78 is 16.9. The van der Waals surface area contributed by atoms with Crippen molar-refractivity contribution in [3.05, 3.63) is 48.6 Å². The monoisotopic (exact) mass is 1060 g/mol. The zero-order chi connectivity index (χ0) is 55.0. The summed E-state index contributed by atoms with van der Waals surface area (Å²) in [5.41, 5.74) is 0. The van der Waals surface area contributed by atoms with E-state index in [-0.39, 0.29) is 31.1 Å². The second kappa shape index (κ2) is 64.9. The molecule has 0 N–H and O–H groups in total. The summed E-state index contributed by atoms with van der Waals surface area (Å²) in [5.74, 6) is -0.875. The number of hydrogen-bond donors (Lipinski definition) is 0. The molecule has 0 bridgehead atoms. The lowest BCUT2D eigenvalue weighted by Gasteiger charge is -2.18. The Hall–Kier alpha value is -2.63. The SMILES string of the molecule is CC/C=C\C/C=C\C/C=C\CCCCCCCC(=O)OC(COC(=O)CCCCCCCCCCCC)COC(=O)CCCCCCCCCCCCCCCCCCCCCCC/C=C\CCCCCCCCCC. The van der Waals surface area contributed by atoms with E-state index in [9.17, 15) is 14.4 Å². The van der Waals surface area contributed by atoms with Crippen LogP contribution in [0.5, 0.6) is 0 Å². The molecule has 0 fully saturated rings. The quantitative estimate of drug-likeness (QED) is 0.0261. The van der Waals surface area contributed by atoms with Crippen LogP contribution >= 0.6 is 0 Å². The van der Waals surface area contributed by atoms with Gasteiger partial charge in [0, 0.05) is 19.3 Å². The molecular formula is C70H128O6. The Kier molecular flexibility index (Phi) is 62.6. The van der Waals surface area contributed by atoms with Crippen molar-refractivity contribution >= 4 is 17.9 Å². The molecule has 0 aliphatic heterocycles. The van der Waals surface area contributed by atoms with Crippen LogP contribution in [0.1, 0.15) is 361 Å². The second-order valence-electron chi connectivity index (χ2n) is 22.7. The molecule has 0 aliphatic rings. The molecule has 76 heavy (non-hydrogen) atoms. The molecule has 0 amide bonds. The van der Waals surface area contributed by atoms with Gasteiger partial charge in [-0.3, -0.25) is 14.4 Å². The van der Waals surface area contributed by atoms with Crippen molar-refractivity contribution < 1.29 is 28.6 Å². The maximum Gasteiger partial charge on any atom is 0.306 e. The Bertz CT molecular complexity index is 1310. The Balaban J connectivity index is 4.03. The van der Waals surface area contributed by atoms with Gasteiger partial charge in [0.2, 0.25) is 0 Å². The molecule has 0 rings (SSSR count). The van der Waals surface area contributed by atoms with Crippen LogP contribution in [0.4, 0.5) is 0 Å². The van der Waals surface area contributed by atoms with E-state index >= 15 is 0 Å². The molecule has 0 radical (unpaired) electrons. The van der Waals surface area contributed by atoms with E-state index < -0.39 is 6.10 Å². The molecule has 0 heterocycles. The number of carbonyl (C=O) groups is 3. The second-order valence-corrected chi connectivity index (χ2v) is 22.7. The molecule has 6 heteroatoms. The van der Waals surface area contributed by atoms with E-state index in [4.69, 9.17) is 14.2 Å².